The zero-order chi connectivity index (χ0) is 21.2. The van der Waals surface area contributed by atoms with Gasteiger partial charge in [0, 0.05) is 13.0 Å². The van der Waals surface area contributed by atoms with Gasteiger partial charge in [-0.15, -0.1) is 0 Å². The minimum Gasteiger partial charge on any atom is -0.478 e. The second-order valence-corrected chi connectivity index (χ2v) is 9.43. The summed E-state index contributed by atoms with van der Waals surface area (Å²) in [6, 6.07) is 13.0. The smallest absolute Gasteiger partial charge is 0.261 e. The lowest BCUT2D eigenvalue weighted by Crippen LogP contribution is -2.41. The highest BCUT2D eigenvalue weighted by Gasteiger charge is 2.32. The first-order valence-electron chi connectivity index (χ1n) is 9.81. The molecule has 0 aliphatic carbocycles. The molecule has 1 N–H and O–H groups in total. The summed E-state index contributed by atoms with van der Waals surface area (Å²) < 4.78 is 31.7. The summed E-state index contributed by atoms with van der Waals surface area (Å²) >= 11 is 0. The van der Waals surface area contributed by atoms with Gasteiger partial charge in [-0.1, -0.05) is 42.8 Å². The fraction of sp³-hybridized carbons (Fsp3) is 0.409. The van der Waals surface area contributed by atoms with Gasteiger partial charge in [-0.05, 0) is 43.5 Å². The lowest BCUT2D eigenvalue weighted by Gasteiger charge is -2.23. The molecule has 2 aromatic carbocycles. The van der Waals surface area contributed by atoms with E-state index in [9.17, 15) is 13.2 Å². The van der Waals surface area contributed by atoms with Gasteiger partial charge in [0.1, 0.15) is 5.75 Å². The van der Waals surface area contributed by atoms with Crippen LogP contribution in [0.5, 0.6) is 5.75 Å². The summed E-state index contributed by atoms with van der Waals surface area (Å²) in [5, 5.41) is 3.09. The molecule has 2 aromatic rings. The zero-order valence-corrected chi connectivity index (χ0v) is 18.1. The number of rotatable bonds is 5. The van der Waals surface area contributed by atoms with E-state index in [1.807, 2.05) is 32.9 Å². The Morgan fingerprint density at radius 1 is 1.24 bits per heavy atom. The first kappa shape index (κ1) is 21.2. The van der Waals surface area contributed by atoms with Crippen LogP contribution in [0, 0.1) is 13.8 Å². The molecule has 0 bridgehead atoms. The first-order valence-corrected chi connectivity index (χ1v) is 11.7. The Bertz CT molecular complexity index is 1000. The highest BCUT2D eigenvalue weighted by atomic mass is 32.2. The topological polar surface area (TPSA) is 75.7 Å². The number of carbonyl (C=O) groups excluding carboxylic acids is 1. The van der Waals surface area contributed by atoms with Gasteiger partial charge in [-0.3, -0.25) is 9.10 Å². The van der Waals surface area contributed by atoms with E-state index < -0.39 is 16.1 Å². The molecule has 0 spiro atoms. The van der Waals surface area contributed by atoms with Gasteiger partial charge in [0.25, 0.3) is 5.91 Å². The molecule has 0 fully saturated rings. The second-order valence-electron chi connectivity index (χ2n) is 7.53. The molecule has 6 nitrogen and oxygen atoms in total. The van der Waals surface area contributed by atoms with Crippen molar-refractivity contribution in [2.45, 2.75) is 45.8 Å². The fourth-order valence-corrected chi connectivity index (χ4v) is 4.69. The van der Waals surface area contributed by atoms with Crippen molar-refractivity contribution in [3.8, 4) is 5.75 Å². The maximum Gasteiger partial charge on any atom is 0.261 e. The second kappa shape index (κ2) is 8.45. The van der Waals surface area contributed by atoms with Crippen molar-refractivity contribution in [1.29, 1.82) is 0 Å². The molecule has 3 rings (SSSR count). The number of fused-ring (bicyclic) bond motifs is 1. The lowest BCUT2D eigenvalue weighted by atomic mass is 9.97. The molecule has 2 atom stereocenters. The summed E-state index contributed by atoms with van der Waals surface area (Å²) in [4.78, 5) is 13.0. The summed E-state index contributed by atoms with van der Waals surface area (Å²) in [7, 11) is -3.47. The number of hydrogen-bond acceptors (Lipinski definition) is 4. The minimum atomic E-state index is -3.47. The van der Waals surface area contributed by atoms with E-state index in [0.717, 1.165) is 23.8 Å². The molecule has 1 heterocycles. The Kier molecular flexibility index (Phi) is 6.17. The zero-order valence-electron chi connectivity index (χ0n) is 17.3. The number of sulfonamides is 1. The van der Waals surface area contributed by atoms with Crippen LogP contribution in [-0.2, 0) is 14.8 Å². The molecule has 0 saturated heterocycles. The van der Waals surface area contributed by atoms with Crippen molar-refractivity contribution in [2.75, 3.05) is 17.1 Å². The van der Waals surface area contributed by atoms with Crippen LogP contribution in [0.15, 0.2) is 42.5 Å². The lowest BCUT2D eigenvalue weighted by molar-refractivity contribution is -0.128. The van der Waals surface area contributed by atoms with Crippen molar-refractivity contribution in [3.63, 3.8) is 0 Å². The Balaban J connectivity index is 1.83. The number of aryl methyl sites for hydroxylation is 2. The van der Waals surface area contributed by atoms with Gasteiger partial charge in [-0.25, -0.2) is 8.42 Å². The summed E-state index contributed by atoms with van der Waals surface area (Å²) in [6.07, 6.45) is 1.42. The molecule has 0 radical (unpaired) electrons. The van der Waals surface area contributed by atoms with Crippen LogP contribution >= 0.6 is 0 Å². The van der Waals surface area contributed by atoms with Gasteiger partial charge in [0.05, 0.1) is 18.0 Å². The van der Waals surface area contributed by atoms with Crippen LogP contribution < -0.4 is 14.4 Å². The standard InChI is InChI=1S/C22H28N2O4S/c1-5-18(17-11-10-15(2)14-16(17)3)23-22(25)21-12-13-24(29(4,26)27)19-8-6-7-9-20(19)28-21/h6-11,14,18,21H,5,12-13H2,1-4H3,(H,23,25)/t18-,21-/m1/s1. The molecular weight excluding hydrogens is 388 g/mol. The van der Waals surface area contributed by atoms with Gasteiger partial charge in [0.2, 0.25) is 10.0 Å². The van der Waals surface area contributed by atoms with Crippen LogP contribution in [0.3, 0.4) is 0 Å². The number of carbonyl (C=O) groups is 1. The maximum atomic E-state index is 13.0. The highest BCUT2D eigenvalue weighted by Crippen LogP contribution is 2.34. The number of anilines is 1. The van der Waals surface area contributed by atoms with Crippen molar-refractivity contribution in [3.05, 3.63) is 59.2 Å². The number of amides is 1. The fourth-order valence-electron chi connectivity index (χ4n) is 3.74. The Labute approximate surface area is 172 Å². The number of nitrogens with one attached hydrogen (secondary N) is 1. The molecule has 0 unspecified atom stereocenters. The number of nitrogens with zero attached hydrogens (tertiary/aromatic N) is 1. The molecular formula is C22H28N2O4S. The van der Waals surface area contributed by atoms with Crippen molar-refractivity contribution in [2.24, 2.45) is 0 Å². The van der Waals surface area contributed by atoms with E-state index in [2.05, 4.69) is 11.4 Å². The normalized spacial score (nSPS) is 17.7. The van der Waals surface area contributed by atoms with Crippen LogP contribution in [0.25, 0.3) is 0 Å². The third-order valence-corrected chi connectivity index (χ3v) is 6.40. The largest absolute Gasteiger partial charge is 0.478 e. The predicted molar refractivity (Wildman–Crippen MR) is 115 cm³/mol. The number of benzene rings is 2. The van der Waals surface area contributed by atoms with E-state index in [0.29, 0.717) is 11.4 Å². The Hall–Kier alpha value is -2.54. The molecule has 156 valence electrons. The van der Waals surface area contributed by atoms with Crippen LogP contribution in [-0.4, -0.2) is 33.2 Å². The molecule has 1 aliphatic rings. The maximum absolute atomic E-state index is 13.0. The van der Waals surface area contributed by atoms with Gasteiger partial charge >= 0.3 is 0 Å². The highest BCUT2D eigenvalue weighted by molar-refractivity contribution is 7.92. The Morgan fingerprint density at radius 3 is 2.62 bits per heavy atom. The van der Waals surface area contributed by atoms with E-state index in [-0.39, 0.29) is 24.9 Å². The molecule has 1 amide bonds. The van der Waals surface area contributed by atoms with Crippen LogP contribution in [0.2, 0.25) is 0 Å². The summed E-state index contributed by atoms with van der Waals surface area (Å²) in [5.74, 6) is 0.164. The quantitative estimate of drug-likeness (QED) is 0.810. The van der Waals surface area contributed by atoms with E-state index >= 15 is 0 Å². The van der Waals surface area contributed by atoms with E-state index in [1.165, 1.54) is 9.87 Å². The van der Waals surface area contributed by atoms with Crippen molar-refractivity contribution < 1.29 is 17.9 Å². The molecule has 7 heteroatoms. The summed E-state index contributed by atoms with van der Waals surface area (Å²) in [5.41, 5.74) is 3.86. The van der Waals surface area contributed by atoms with E-state index in [1.54, 1.807) is 24.3 Å². The molecule has 1 aliphatic heterocycles. The SMILES string of the molecule is CC[C@@H](NC(=O)[C@H]1CCN(S(C)(=O)=O)c2ccccc2O1)c1ccc(C)cc1C. The van der Waals surface area contributed by atoms with Gasteiger partial charge in [0.15, 0.2) is 6.10 Å². The van der Waals surface area contributed by atoms with E-state index in [4.69, 9.17) is 4.74 Å². The monoisotopic (exact) mass is 416 g/mol. The number of ether oxygens (including phenoxy) is 1. The molecule has 0 aromatic heterocycles. The average molecular weight is 417 g/mol. The first-order chi connectivity index (χ1) is 13.7. The van der Waals surface area contributed by atoms with Crippen molar-refractivity contribution >= 4 is 21.6 Å². The molecule has 29 heavy (non-hydrogen) atoms. The third kappa shape index (κ3) is 4.72. The minimum absolute atomic E-state index is 0.129. The van der Waals surface area contributed by atoms with Crippen LogP contribution in [0.1, 0.15) is 42.5 Å². The van der Waals surface area contributed by atoms with Gasteiger partial charge in [-0.2, -0.15) is 0 Å². The number of hydrogen-bond donors (Lipinski definition) is 1. The molecule has 0 saturated carbocycles. The Morgan fingerprint density at radius 2 is 1.97 bits per heavy atom. The summed E-state index contributed by atoms with van der Waals surface area (Å²) in [6.45, 7) is 6.30. The number of para-hydroxylation sites is 2. The van der Waals surface area contributed by atoms with Gasteiger partial charge < -0.3 is 10.1 Å². The third-order valence-electron chi connectivity index (χ3n) is 5.22. The van der Waals surface area contributed by atoms with Crippen LogP contribution in [0.4, 0.5) is 5.69 Å². The average Bonchev–Trinajstić information content (AvgIpc) is 2.86. The predicted octanol–water partition coefficient (Wildman–Crippen LogP) is 3.49. The van der Waals surface area contributed by atoms with Crippen molar-refractivity contribution in [1.82, 2.24) is 5.32 Å².